The topological polar surface area (TPSA) is 86.2 Å². The van der Waals surface area contributed by atoms with Gasteiger partial charge in [-0.25, -0.2) is 13.6 Å². The Balaban J connectivity index is 2.32. The molecule has 20 heavy (non-hydrogen) atoms. The van der Waals surface area contributed by atoms with E-state index < -0.39 is 10.0 Å². The predicted octanol–water partition coefficient (Wildman–Crippen LogP) is 3.37. The van der Waals surface area contributed by atoms with Crippen molar-refractivity contribution in [2.45, 2.75) is 14.7 Å². The number of nitrogens with two attached hydrogens (primary N) is 2. The number of nitrogen functional groups attached to an aromatic ring is 1. The van der Waals surface area contributed by atoms with Gasteiger partial charge >= 0.3 is 0 Å². The summed E-state index contributed by atoms with van der Waals surface area (Å²) in [6.45, 7) is 0. The van der Waals surface area contributed by atoms with Crippen molar-refractivity contribution in [2.75, 3.05) is 5.73 Å². The maximum Gasteiger partial charge on any atom is 0.238 e. The molecule has 4 N–H and O–H groups in total. The van der Waals surface area contributed by atoms with Gasteiger partial charge in [-0.3, -0.25) is 0 Å². The van der Waals surface area contributed by atoms with Crippen molar-refractivity contribution in [3.63, 3.8) is 0 Å². The molecule has 0 unspecified atom stereocenters. The van der Waals surface area contributed by atoms with Crippen molar-refractivity contribution in [3.8, 4) is 0 Å². The zero-order valence-corrected chi connectivity index (χ0v) is 13.2. The summed E-state index contributed by atoms with van der Waals surface area (Å²) in [6.07, 6.45) is 0. The number of hydrogen-bond donors (Lipinski definition) is 2. The summed E-state index contributed by atoms with van der Waals surface area (Å²) in [6, 6.07) is 9.53. The molecule has 0 bridgehead atoms. The molecular formula is C12H10Cl2N2O2S2. The molecule has 0 aromatic heterocycles. The molecule has 0 saturated carbocycles. The fraction of sp³-hybridized carbons (Fsp3) is 0. The van der Waals surface area contributed by atoms with Crippen molar-refractivity contribution < 1.29 is 8.42 Å². The molecule has 106 valence electrons. The predicted molar refractivity (Wildman–Crippen MR) is 82.8 cm³/mol. The Kier molecular flexibility index (Phi) is 4.51. The van der Waals surface area contributed by atoms with Gasteiger partial charge in [-0.2, -0.15) is 0 Å². The van der Waals surface area contributed by atoms with Gasteiger partial charge in [-0.05, 0) is 36.4 Å². The molecule has 0 radical (unpaired) electrons. The lowest BCUT2D eigenvalue weighted by atomic mass is 10.3. The zero-order chi connectivity index (χ0) is 14.9. The van der Waals surface area contributed by atoms with Crippen LogP contribution in [0.4, 0.5) is 5.69 Å². The van der Waals surface area contributed by atoms with Crippen molar-refractivity contribution in [3.05, 3.63) is 46.4 Å². The Morgan fingerprint density at radius 2 is 1.70 bits per heavy atom. The van der Waals surface area contributed by atoms with Gasteiger partial charge in [-0.1, -0.05) is 35.0 Å². The van der Waals surface area contributed by atoms with Gasteiger partial charge in [0.2, 0.25) is 10.0 Å². The van der Waals surface area contributed by atoms with Gasteiger partial charge in [0.1, 0.15) is 0 Å². The summed E-state index contributed by atoms with van der Waals surface area (Å²) in [4.78, 5) is 1.53. The van der Waals surface area contributed by atoms with Crippen LogP contribution in [0.15, 0.2) is 51.1 Å². The second kappa shape index (κ2) is 5.83. The second-order valence-electron chi connectivity index (χ2n) is 3.92. The average Bonchev–Trinajstić information content (AvgIpc) is 2.35. The molecular weight excluding hydrogens is 339 g/mol. The number of primary sulfonamides is 1. The van der Waals surface area contributed by atoms with Gasteiger partial charge in [-0.15, -0.1) is 0 Å². The quantitative estimate of drug-likeness (QED) is 0.832. The molecule has 8 heteroatoms. The molecule has 0 aliphatic heterocycles. The number of hydrogen-bond acceptors (Lipinski definition) is 4. The largest absolute Gasteiger partial charge is 0.398 e. The molecule has 2 rings (SSSR count). The van der Waals surface area contributed by atoms with Crippen molar-refractivity contribution in [1.29, 1.82) is 0 Å². The van der Waals surface area contributed by atoms with E-state index in [0.717, 1.165) is 4.90 Å². The summed E-state index contributed by atoms with van der Waals surface area (Å²) in [5, 5.41) is 5.95. The van der Waals surface area contributed by atoms with E-state index in [1.165, 1.54) is 23.9 Å². The summed E-state index contributed by atoms with van der Waals surface area (Å²) >= 11 is 13.1. The summed E-state index contributed by atoms with van der Waals surface area (Å²) < 4.78 is 22.4. The molecule has 0 saturated heterocycles. The minimum atomic E-state index is -3.76. The third kappa shape index (κ3) is 3.59. The van der Waals surface area contributed by atoms with E-state index in [2.05, 4.69) is 0 Å². The number of halogens is 2. The molecule has 0 spiro atoms. The first-order valence-electron chi connectivity index (χ1n) is 5.32. The van der Waals surface area contributed by atoms with Gasteiger partial charge < -0.3 is 5.73 Å². The van der Waals surface area contributed by atoms with Crippen LogP contribution in [0.3, 0.4) is 0 Å². The molecule has 0 aliphatic rings. The maximum absolute atomic E-state index is 11.2. The highest BCUT2D eigenvalue weighted by molar-refractivity contribution is 7.99. The lowest BCUT2D eigenvalue weighted by Crippen LogP contribution is -2.12. The van der Waals surface area contributed by atoms with Crippen LogP contribution < -0.4 is 10.9 Å². The number of sulfonamides is 1. The van der Waals surface area contributed by atoms with Gasteiger partial charge in [0.25, 0.3) is 0 Å². The van der Waals surface area contributed by atoms with E-state index in [4.69, 9.17) is 34.1 Å². The fourth-order valence-electron chi connectivity index (χ4n) is 1.46. The number of rotatable bonds is 3. The first-order valence-corrected chi connectivity index (χ1v) is 8.44. The molecule has 0 amide bonds. The zero-order valence-electron chi connectivity index (χ0n) is 10.0. The molecule has 0 aliphatic carbocycles. The molecule has 2 aromatic rings. The Bertz CT molecular complexity index is 764. The minimum absolute atomic E-state index is 0.0199. The lowest BCUT2D eigenvalue weighted by Gasteiger charge is -2.08. The molecule has 2 aromatic carbocycles. The van der Waals surface area contributed by atoms with E-state index in [0.29, 0.717) is 20.6 Å². The standard InChI is InChI=1S/C12H10Cl2N2O2S2/c13-9-3-1-7(5-10(9)14)19-12-4-2-8(6-11(12)15)20(16,17)18/h1-6H,15H2,(H2,16,17,18). The first-order chi connectivity index (χ1) is 9.27. The van der Waals surface area contributed by atoms with Crippen LogP contribution in [0.1, 0.15) is 0 Å². The van der Waals surface area contributed by atoms with E-state index in [9.17, 15) is 8.42 Å². The van der Waals surface area contributed by atoms with Crippen LogP contribution in [0.25, 0.3) is 0 Å². The molecule has 0 fully saturated rings. The Hall–Kier alpha value is -0.920. The summed E-state index contributed by atoms with van der Waals surface area (Å²) in [5.74, 6) is 0. The minimum Gasteiger partial charge on any atom is -0.398 e. The van der Waals surface area contributed by atoms with Crippen molar-refractivity contribution >= 4 is 50.7 Å². The monoisotopic (exact) mass is 348 g/mol. The Morgan fingerprint density at radius 1 is 1.00 bits per heavy atom. The highest BCUT2D eigenvalue weighted by Crippen LogP contribution is 2.35. The van der Waals surface area contributed by atoms with Gasteiger partial charge in [0.15, 0.2) is 0 Å². The maximum atomic E-state index is 11.2. The molecule has 0 heterocycles. The molecule has 0 atom stereocenters. The van der Waals surface area contributed by atoms with Crippen LogP contribution in [0, 0.1) is 0 Å². The highest BCUT2D eigenvalue weighted by Gasteiger charge is 2.11. The summed E-state index contributed by atoms with van der Waals surface area (Å²) in [5.41, 5.74) is 6.16. The smallest absolute Gasteiger partial charge is 0.238 e. The fourth-order valence-corrected chi connectivity index (χ4v) is 3.26. The normalized spacial score (nSPS) is 11.6. The number of benzene rings is 2. The Morgan fingerprint density at radius 3 is 2.25 bits per heavy atom. The SMILES string of the molecule is Nc1cc(S(N)(=O)=O)ccc1Sc1ccc(Cl)c(Cl)c1. The highest BCUT2D eigenvalue weighted by atomic mass is 35.5. The van der Waals surface area contributed by atoms with Crippen molar-refractivity contribution in [1.82, 2.24) is 0 Å². The van der Waals surface area contributed by atoms with Gasteiger partial charge in [0, 0.05) is 15.5 Å². The van der Waals surface area contributed by atoms with Crippen molar-refractivity contribution in [2.24, 2.45) is 5.14 Å². The Labute approximate surface area is 131 Å². The van der Waals surface area contributed by atoms with E-state index in [-0.39, 0.29) is 4.90 Å². The average molecular weight is 349 g/mol. The first kappa shape index (κ1) is 15.5. The van der Waals surface area contributed by atoms with E-state index >= 15 is 0 Å². The van der Waals surface area contributed by atoms with Gasteiger partial charge in [0.05, 0.1) is 14.9 Å². The van der Waals surface area contributed by atoms with E-state index in [1.54, 1.807) is 24.3 Å². The third-order valence-electron chi connectivity index (χ3n) is 2.43. The molecule has 4 nitrogen and oxygen atoms in total. The van der Waals surface area contributed by atoms with Crippen LogP contribution in [-0.4, -0.2) is 8.42 Å². The van der Waals surface area contributed by atoms with E-state index in [1.807, 2.05) is 0 Å². The van der Waals surface area contributed by atoms with Crippen LogP contribution in [0.5, 0.6) is 0 Å². The van der Waals surface area contributed by atoms with Crippen LogP contribution >= 0.6 is 35.0 Å². The second-order valence-corrected chi connectivity index (χ2v) is 7.41. The third-order valence-corrected chi connectivity index (χ3v) is 5.16. The lowest BCUT2D eigenvalue weighted by molar-refractivity contribution is 0.598. The van der Waals surface area contributed by atoms with Crippen LogP contribution in [-0.2, 0) is 10.0 Å². The number of anilines is 1. The van der Waals surface area contributed by atoms with Crippen LogP contribution in [0.2, 0.25) is 10.0 Å². The summed E-state index contributed by atoms with van der Waals surface area (Å²) in [7, 11) is -3.76.